The summed E-state index contributed by atoms with van der Waals surface area (Å²) >= 11 is 0. The van der Waals surface area contributed by atoms with Gasteiger partial charge in [-0.2, -0.15) is 0 Å². The lowest BCUT2D eigenvalue weighted by Crippen LogP contribution is -2.57. The minimum Gasteiger partial charge on any atom is -0.454 e. The molecule has 1 aromatic rings. The zero-order valence-corrected chi connectivity index (χ0v) is 15.8. The third kappa shape index (κ3) is 3.69. The van der Waals surface area contributed by atoms with Gasteiger partial charge < -0.3 is 19.3 Å². The average molecular weight is 362 g/mol. The van der Waals surface area contributed by atoms with Crippen LogP contribution in [0.15, 0.2) is 18.2 Å². The first-order valence-corrected chi connectivity index (χ1v) is 9.66. The molecule has 2 fully saturated rings. The molecule has 0 aromatic heterocycles. The highest BCUT2D eigenvalue weighted by atomic mass is 16.7. The van der Waals surface area contributed by atoms with Crippen molar-refractivity contribution in [3.8, 4) is 11.5 Å². The van der Waals surface area contributed by atoms with Crippen molar-refractivity contribution in [2.45, 2.75) is 37.8 Å². The van der Waals surface area contributed by atoms with Crippen molar-refractivity contribution in [1.82, 2.24) is 9.80 Å². The third-order valence-electron chi connectivity index (χ3n) is 5.97. The Kier molecular flexibility index (Phi) is 5.10. The normalized spacial score (nSPS) is 27.7. The standard InChI is InChI=1S/C20H30N2O4/c1-20(2,22-7-9-24-10-8-22)13-21-6-5-16(17(23)12-21)15-3-4-18-19(11-15)26-14-25-18/h3-4,11,16-17,23H,5-10,12-14H2,1-2H3/t16-,17+/m1/s1. The van der Waals surface area contributed by atoms with Crippen LogP contribution in [0.1, 0.15) is 31.7 Å². The zero-order chi connectivity index (χ0) is 18.1. The van der Waals surface area contributed by atoms with Crippen LogP contribution in [0.5, 0.6) is 11.5 Å². The first-order chi connectivity index (χ1) is 12.5. The van der Waals surface area contributed by atoms with E-state index in [1.807, 2.05) is 12.1 Å². The first-order valence-electron chi connectivity index (χ1n) is 9.66. The van der Waals surface area contributed by atoms with Crippen LogP contribution in [0, 0.1) is 0 Å². The number of β-amino-alcohol motifs (C(OH)–C–C–N with tert-alkyl or cyclic N) is 1. The van der Waals surface area contributed by atoms with Gasteiger partial charge in [0.1, 0.15) is 0 Å². The zero-order valence-electron chi connectivity index (χ0n) is 15.8. The molecule has 2 saturated heterocycles. The van der Waals surface area contributed by atoms with Gasteiger partial charge in [0, 0.05) is 37.6 Å². The van der Waals surface area contributed by atoms with Crippen molar-refractivity contribution in [1.29, 1.82) is 0 Å². The number of likely N-dealkylation sites (tertiary alicyclic amines) is 1. The number of ether oxygens (including phenoxy) is 3. The third-order valence-corrected chi connectivity index (χ3v) is 5.97. The molecule has 0 saturated carbocycles. The summed E-state index contributed by atoms with van der Waals surface area (Å²) < 4.78 is 16.4. The number of piperidine rings is 1. The Labute approximate surface area is 155 Å². The monoisotopic (exact) mass is 362 g/mol. The fourth-order valence-electron chi connectivity index (χ4n) is 4.49. The summed E-state index contributed by atoms with van der Waals surface area (Å²) in [6.45, 7) is 11.2. The van der Waals surface area contributed by atoms with Gasteiger partial charge in [0.15, 0.2) is 11.5 Å². The number of benzene rings is 1. The van der Waals surface area contributed by atoms with Crippen molar-refractivity contribution in [2.24, 2.45) is 0 Å². The van der Waals surface area contributed by atoms with Crippen LogP contribution in [0.3, 0.4) is 0 Å². The predicted octanol–water partition coefficient (Wildman–Crippen LogP) is 1.68. The largest absolute Gasteiger partial charge is 0.454 e. The molecule has 0 bridgehead atoms. The second kappa shape index (κ2) is 7.35. The number of fused-ring (bicyclic) bond motifs is 1. The van der Waals surface area contributed by atoms with E-state index in [2.05, 4.69) is 29.7 Å². The van der Waals surface area contributed by atoms with Crippen LogP contribution < -0.4 is 9.47 Å². The number of nitrogens with zero attached hydrogens (tertiary/aromatic N) is 2. The molecule has 1 aromatic carbocycles. The molecule has 1 N–H and O–H groups in total. The first kappa shape index (κ1) is 18.0. The van der Waals surface area contributed by atoms with Crippen molar-refractivity contribution in [3.63, 3.8) is 0 Å². The smallest absolute Gasteiger partial charge is 0.231 e. The van der Waals surface area contributed by atoms with Gasteiger partial charge in [-0.25, -0.2) is 0 Å². The number of rotatable bonds is 4. The van der Waals surface area contributed by atoms with E-state index in [0.29, 0.717) is 6.54 Å². The number of morpholine rings is 1. The van der Waals surface area contributed by atoms with Crippen molar-refractivity contribution in [3.05, 3.63) is 23.8 Å². The molecule has 6 nitrogen and oxygen atoms in total. The van der Waals surface area contributed by atoms with E-state index < -0.39 is 0 Å². The summed E-state index contributed by atoms with van der Waals surface area (Å²) in [6, 6.07) is 6.05. The van der Waals surface area contributed by atoms with Crippen LogP contribution in [0.25, 0.3) is 0 Å². The SMILES string of the molecule is CC(C)(CN1CC[C@H](c2ccc3c(c2)OCO3)[C@@H](O)C1)N1CCOCC1. The van der Waals surface area contributed by atoms with Gasteiger partial charge in [-0.05, 0) is 44.5 Å². The van der Waals surface area contributed by atoms with Crippen LogP contribution in [-0.4, -0.2) is 79.3 Å². The maximum absolute atomic E-state index is 10.8. The second-order valence-electron chi connectivity index (χ2n) is 8.22. The van der Waals surface area contributed by atoms with Gasteiger partial charge in [0.2, 0.25) is 6.79 Å². The molecule has 4 rings (SSSR count). The van der Waals surface area contributed by atoms with Crippen LogP contribution in [-0.2, 0) is 4.74 Å². The molecule has 0 amide bonds. The topological polar surface area (TPSA) is 54.4 Å². The molecule has 6 heteroatoms. The number of hydrogen-bond acceptors (Lipinski definition) is 6. The second-order valence-corrected chi connectivity index (χ2v) is 8.22. The minimum absolute atomic E-state index is 0.0923. The quantitative estimate of drug-likeness (QED) is 0.880. The van der Waals surface area contributed by atoms with Crippen LogP contribution in [0.4, 0.5) is 0 Å². The van der Waals surface area contributed by atoms with E-state index >= 15 is 0 Å². The number of hydrogen-bond donors (Lipinski definition) is 1. The maximum Gasteiger partial charge on any atom is 0.231 e. The molecule has 0 aliphatic carbocycles. The Balaban J connectivity index is 1.37. The summed E-state index contributed by atoms with van der Waals surface area (Å²) in [7, 11) is 0. The number of aliphatic hydroxyl groups excluding tert-OH is 1. The molecule has 3 aliphatic heterocycles. The summed E-state index contributed by atoms with van der Waals surface area (Å²) in [4.78, 5) is 4.91. The molecule has 3 heterocycles. The van der Waals surface area contributed by atoms with Gasteiger partial charge >= 0.3 is 0 Å². The Morgan fingerprint density at radius 1 is 1.12 bits per heavy atom. The Morgan fingerprint density at radius 3 is 2.65 bits per heavy atom. The lowest BCUT2D eigenvalue weighted by molar-refractivity contribution is -0.0335. The van der Waals surface area contributed by atoms with Crippen molar-refractivity contribution in [2.75, 3.05) is 52.7 Å². The molecule has 0 spiro atoms. The molecule has 3 aliphatic rings. The summed E-state index contributed by atoms with van der Waals surface area (Å²) in [5, 5.41) is 10.8. The summed E-state index contributed by atoms with van der Waals surface area (Å²) in [6.07, 6.45) is 0.601. The van der Waals surface area contributed by atoms with E-state index in [1.54, 1.807) is 0 Å². The lowest BCUT2D eigenvalue weighted by atomic mass is 9.86. The molecular weight excluding hydrogens is 332 g/mol. The van der Waals surface area contributed by atoms with Gasteiger partial charge in [-0.3, -0.25) is 9.80 Å². The van der Waals surface area contributed by atoms with Gasteiger partial charge in [-0.15, -0.1) is 0 Å². The maximum atomic E-state index is 10.8. The van der Waals surface area contributed by atoms with E-state index in [-0.39, 0.29) is 24.4 Å². The molecular formula is C20H30N2O4. The van der Waals surface area contributed by atoms with E-state index in [4.69, 9.17) is 14.2 Å². The highest BCUT2D eigenvalue weighted by Gasteiger charge is 2.35. The van der Waals surface area contributed by atoms with Crippen molar-refractivity contribution >= 4 is 0 Å². The fraction of sp³-hybridized carbons (Fsp3) is 0.700. The van der Waals surface area contributed by atoms with E-state index in [1.165, 1.54) is 0 Å². The Bertz CT molecular complexity index is 630. The molecule has 0 unspecified atom stereocenters. The summed E-state index contributed by atoms with van der Waals surface area (Å²) in [5.74, 6) is 1.76. The van der Waals surface area contributed by atoms with Crippen LogP contribution in [0.2, 0.25) is 0 Å². The number of aliphatic hydroxyl groups is 1. The Morgan fingerprint density at radius 2 is 1.88 bits per heavy atom. The average Bonchev–Trinajstić information content (AvgIpc) is 3.10. The molecule has 0 radical (unpaired) electrons. The highest BCUT2D eigenvalue weighted by Crippen LogP contribution is 2.37. The molecule has 144 valence electrons. The Hall–Kier alpha value is -1.34. The van der Waals surface area contributed by atoms with Gasteiger partial charge in [-0.1, -0.05) is 6.07 Å². The van der Waals surface area contributed by atoms with E-state index in [9.17, 15) is 5.11 Å². The summed E-state index contributed by atoms with van der Waals surface area (Å²) in [5.41, 5.74) is 1.24. The van der Waals surface area contributed by atoms with Gasteiger partial charge in [0.25, 0.3) is 0 Å². The predicted molar refractivity (Wildman–Crippen MR) is 98.8 cm³/mol. The van der Waals surface area contributed by atoms with Gasteiger partial charge in [0.05, 0.1) is 19.3 Å². The van der Waals surface area contributed by atoms with E-state index in [0.717, 1.165) is 62.9 Å². The lowest BCUT2D eigenvalue weighted by Gasteiger charge is -2.46. The fourth-order valence-corrected chi connectivity index (χ4v) is 4.49. The molecule has 2 atom stereocenters. The highest BCUT2D eigenvalue weighted by molar-refractivity contribution is 5.45. The van der Waals surface area contributed by atoms with Crippen molar-refractivity contribution < 1.29 is 19.3 Å². The minimum atomic E-state index is -0.357. The molecule has 26 heavy (non-hydrogen) atoms. The van der Waals surface area contributed by atoms with Crippen LogP contribution >= 0.6 is 0 Å².